The van der Waals surface area contributed by atoms with Crippen molar-refractivity contribution in [1.82, 2.24) is 34.7 Å². The van der Waals surface area contributed by atoms with Crippen LogP contribution in [0.4, 0.5) is 25.1 Å². The summed E-state index contributed by atoms with van der Waals surface area (Å²) in [5.41, 5.74) is 7.74. The molecule has 3 aromatic heterocycles. The van der Waals surface area contributed by atoms with Crippen LogP contribution in [0, 0.1) is 5.92 Å². The Morgan fingerprint density at radius 3 is 2.58 bits per heavy atom. The Labute approximate surface area is 174 Å². The van der Waals surface area contributed by atoms with E-state index in [1.54, 1.807) is 10.9 Å². The van der Waals surface area contributed by atoms with Crippen molar-refractivity contribution in [1.29, 1.82) is 0 Å². The number of aromatic amines is 1. The first-order valence-electron chi connectivity index (χ1n) is 9.44. The standard InChI is InChI=1S/C19H20F3N9/c1-9(2)14(12-8-24-16(26-12)19(20,21)22)27-18-29-15(28-17(23)30-18)10-4-5-11-7-25-31(3)13(11)6-10/h4-9,14H,1-3H3,(H,24,26)(H3,23,27,28,29,30). The van der Waals surface area contributed by atoms with E-state index < -0.39 is 18.0 Å². The minimum Gasteiger partial charge on any atom is -0.368 e. The maximum Gasteiger partial charge on any atom is 0.449 e. The number of nitrogens with two attached hydrogens (primary N) is 1. The Hall–Kier alpha value is -3.70. The number of hydrogen-bond donors (Lipinski definition) is 3. The van der Waals surface area contributed by atoms with Gasteiger partial charge in [0.05, 0.1) is 29.6 Å². The van der Waals surface area contributed by atoms with Crippen molar-refractivity contribution < 1.29 is 13.2 Å². The smallest absolute Gasteiger partial charge is 0.368 e. The molecule has 9 nitrogen and oxygen atoms in total. The predicted octanol–water partition coefficient (Wildman–Crippen LogP) is 3.56. The summed E-state index contributed by atoms with van der Waals surface area (Å²) in [4.78, 5) is 18.5. The van der Waals surface area contributed by atoms with E-state index in [-0.39, 0.29) is 23.5 Å². The molecule has 4 rings (SSSR count). The summed E-state index contributed by atoms with van der Waals surface area (Å²) in [6.07, 6.45) is -1.65. The highest BCUT2D eigenvalue weighted by Gasteiger charge is 2.35. The van der Waals surface area contributed by atoms with Gasteiger partial charge in [-0.25, -0.2) is 4.98 Å². The number of alkyl halides is 3. The number of benzene rings is 1. The fourth-order valence-corrected chi connectivity index (χ4v) is 3.25. The molecule has 0 aliphatic carbocycles. The van der Waals surface area contributed by atoms with Crippen molar-refractivity contribution in [3.8, 4) is 11.4 Å². The number of H-pyrrole nitrogens is 1. The highest BCUT2D eigenvalue weighted by atomic mass is 19.4. The number of nitrogens with zero attached hydrogens (tertiary/aromatic N) is 6. The number of nitrogen functional groups attached to an aromatic ring is 1. The molecule has 0 radical (unpaired) electrons. The highest BCUT2D eigenvalue weighted by molar-refractivity contribution is 5.83. The molecule has 3 heterocycles. The molecule has 0 fully saturated rings. The minimum absolute atomic E-state index is 0.0132. The lowest BCUT2D eigenvalue weighted by molar-refractivity contribution is -0.144. The second-order valence-electron chi connectivity index (χ2n) is 7.43. The zero-order valence-electron chi connectivity index (χ0n) is 16.9. The van der Waals surface area contributed by atoms with Gasteiger partial charge in [0, 0.05) is 18.0 Å². The molecule has 0 spiro atoms. The number of rotatable bonds is 5. The SMILES string of the molecule is CC(C)C(Nc1nc(N)nc(-c2ccc3cnn(C)c3c2)n1)c1cnc(C(F)(F)F)[nH]1. The summed E-state index contributed by atoms with van der Waals surface area (Å²) >= 11 is 0. The molecule has 1 unspecified atom stereocenters. The van der Waals surface area contributed by atoms with Gasteiger partial charge in [0.15, 0.2) is 5.82 Å². The number of nitrogens with one attached hydrogen (secondary N) is 2. The molecule has 4 aromatic rings. The van der Waals surface area contributed by atoms with Crippen molar-refractivity contribution in [2.75, 3.05) is 11.1 Å². The van der Waals surface area contributed by atoms with Crippen LogP contribution < -0.4 is 11.1 Å². The van der Waals surface area contributed by atoms with Crippen molar-refractivity contribution in [3.63, 3.8) is 0 Å². The van der Waals surface area contributed by atoms with Crippen molar-refractivity contribution >= 4 is 22.8 Å². The second-order valence-corrected chi connectivity index (χ2v) is 7.43. The molecule has 1 atom stereocenters. The first-order valence-corrected chi connectivity index (χ1v) is 9.44. The van der Waals surface area contributed by atoms with Crippen molar-refractivity contribution in [3.05, 3.63) is 42.1 Å². The van der Waals surface area contributed by atoms with Gasteiger partial charge in [-0.15, -0.1) is 0 Å². The normalized spacial score (nSPS) is 13.1. The van der Waals surface area contributed by atoms with E-state index in [4.69, 9.17) is 5.73 Å². The van der Waals surface area contributed by atoms with Gasteiger partial charge in [0.2, 0.25) is 17.7 Å². The Balaban J connectivity index is 1.68. The average Bonchev–Trinajstić information content (AvgIpc) is 3.32. The van der Waals surface area contributed by atoms with E-state index in [0.717, 1.165) is 17.1 Å². The molecular weight excluding hydrogens is 411 g/mol. The predicted molar refractivity (Wildman–Crippen MR) is 109 cm³/mol. The topological polar surface area (TPSA) is 123 Å². The van der Waals surface area contributed by atoms with Gasteiger partial charge in [0.1, 0.15) is 0 Å². The average molecular weight is 431 g/mol. The van der Waals surface area contributed by atoms with E-state index in [9.17, 15) is 13.2 Å². The number of halogens is 3. The molecular formula is C19H20F3N9. The Morgan fingerprint density at radius 2 is 1.90 bits per heavy atom. The zero-order chi connectivity index (χ0) is 22.3. The van der Waals surface area contributed by atoms with Crippen LogP contribution in [-0.2, 0) is 13.2 Å². The van der Waals surface area contributed by atoms with Gasteiger partial charge in [-0.1, -0.05) is 26.0 Å². The molecule has 0 aliphatic rings. The largest absolute Gasteiger partial charge is 0.449 e. The number of imidazole rings is 1. The second kappa shape index (κ2) is 7.52. The van der Waals surface area contributed by atoms with E-state index >= 15 is 0 Å². The monoisotopic (exact) mass is 431 g/mol. The van der Waals surface area contributed by atoms with Crippen LogP contribution in [0.1, 0.15) is 31.4 Å². The molecule has 1 aromatic carbocycles. The summed E-state index contributed by atoms with van der Waals surface area (Å²) in [5.74, 6) is -0.694. The minimum atomic E-state index is -4.56. The number of fused-ring (bicyclic) bond motifs is 1. The number of aryl methyl sites for hydroxylation is 1. The highest BCUT2D eigenvalue weighted by Crippen LogP contribution is 2.30. The van der Waals surface area contributed by atoms with E-state index in [0.29, 0.717) is 11.4 Å². The van der Waals surface area contributed by atoms with E-state index in [1.165, 1.54) is 0 Å². The molecule has 0 saturated carbocycles. The quantitative estimate of drug-likeness (QED) is 0.441. The number of anilines is 2. The van der Waals surface area contributed by atoms with Crippen LogP contribution in [0.25, 0.3) is 22.3 Å². The molecule has 12 heteroatoms. The van der Waals surface area contributed by atoms with Gasteiger partial charge in [-0.2, -0.15) is 33.2 Å². The van der Waals surface area contributed by atoms with Crippen LogP contribution in [0.15, 0.2) is 30.6 Å². The van der Waals surface area contributed by atoms with Crippen molar-refractivity contribution in [2.24, 2.45) is 13.0 Å². The van der Waals surface area contributed by atoms with Gasteiger partial charge in [-0.3, -0.25) is 4.68 Å². The Bertz CT molecular complexity index is 1230. The van der Waals surface area contributed by atoms with Gasteiger partial charge < -0.3 is 16.0 Å². The maximum absolute atomic E-state index is 12.9. The third-order valence-electron chi connectivity index (χ3n) is 4.81. The van der Waals surface area contributed by atoms with Gasteiger partial charge in [-0.05, 0) is 12.0 Å². The number of hydrogen-bond acceptors (Lipinski definition) is 7. The molecule has 0 bridgehead atoms. The lowest BCUT2D eigenvalue weighted by Gasteiger charge is -2.21. The van der Waals surface area contributed by atoms with Crippen LogP contribution in [0.5, 0.6) is 0 Å². The molecule has 4 N–H and O–H groups in total. The summed E-state index contributed by atoms with van der Waals surface area (Å²) in [6, 6.07) is 5.06. The molecule has 162 valence electrons. The van der Waals surface area contributed by atoms with Crippen LogP contribution >= 0.6 is 0 Å². The summed E-state index contributed by atoms with van der Waals surface area (Å²) in [7, 11) is 1.83. The zero-order valence-corrected chi connectivity index (χ0v) is 16.9. The van der Waals surface area contributed by atoms with E-state index in [1.807, 2.05) is 39.1 Å². The lowest BCUT2D eigenvalue weighted by Crippen LogP contribution is -2.20. The van der Waals surface area contributed by atoms with Gasteiger partial charge in [0.25, 0.3) is 0 Å². The Kier molecular flexibility index (Phi) is 4.99. The summed E-state index contributed by atoms with van der Waals surface area (Å²) in [5, 5.41) is 8.23. The maximum atomic E-state index is 12.9. The van der Waals surface area contributed by atoms with Gasteiger partial charge >= 0.3 is 6.18 Å². The third-order valence-corrected chi connectivity index (χ3v) is 4.81. The van der Waals surface area contributed by atoms with E-state index in [2.05, 4.69) is 35.3 Å². The lowest BCUT2D eigenvalue weighted by atomic mass is 10.0. The summed E-state index contributed by atoms with van der Waals surface area (Å²) in [6.45, 7) is 3.71. The molecule has 0 saturated heterocycles. The van der Waals surface area contributed by atoms with Crippen LogP contribution in [0.3, 0.4) is 0 Å². The molecule has 31 heavy (non-hydrogen) atoms. The summed E-state index contributed by atoms with van der Waals surface area (Å²) < 4.78 is 40.5. The van der Waals surface area contributed by atoms with Crippen LogP contribution in [0.2, 0.25) is 0 Å². The van der Waals surface area contributed by atoms with Crippen LogP contribution in [-0.4, -0.2) is 34.7 Å². The fourth-order valence-electron chi connectivity index (χ4n) is 3.25. The first kappa shape index (κ1) is 20.6. The molecule has 0 amide bonds. The van der Waals surface area contributed by atoms with Crippen molar-refractivity contribution in [2.45, 2.75) is 26.1 Å². The number of aromatic nitrogens is 7. The molecule has 0 aliphatic heterocycles. The third kappa shape index (κ3) is 4.13. The first-order chi connectivity index (χ1) is 14.6. The Morgan fingerprint density at radius 1 is 1.13 bits per heavy atom. The fraction of sp³-hybridized carbons (Fsp3) is 0.316.